The topological polar surface area (TPSA) is 86.6 Å². The minimum Gasteiger partial charge on any atom is -0.507 e. The van der Waals surface area contributed by atoms with Gasteiger partial charge in [0.2, 0.25) is 0 Å². The van der Waals surface area contributed by atoms with Crippen molar-refractivity contribution in [1.82, 2.24) is 0 Å². The number of benzene rings is 2. The zero-order valence-corrected chi connectivity index (χ0v) is 10.4. The van der Waals surface area contributed by atoms with Crippen LogP contribution >= 0.6 is 0 Å². The third-order valence-electron chi connectivity index (χ3n) is 2.66. The molecule has 3 N–H and O–H groups in total. The lowest BCUT2D eigenvalue weighted by Crippen LogP contribution is -2.14. The maximum absolute atomic E-state index is 13.4. The lowest BCUT2D eigenvalue weighted by molar-refractivity contribution is 0.0693. The summed E-state index contributed by atoms with van der Waals surface area (Å²) < 4.78 is 26.4. The van der Waals surface area contributed by atoms with E-state index in [-0.39, 0.29) is 11.3 Å². The molecular formula is C14H9F2NO4. The molecule has 0 aromatic heterocycles. The fourth-order valence-corrected chi connectivity index (χ4v) is 1.66. The Labute approximate surface area is 117 Å². The highest BCUT2D eigenvalue weighted by Crippen LogP contribution is 2.22. The summed E-state index contributed by atoms with van der Waals surface area (Å²) in [4.78, 5) is 22.5. The predicted molar refractivity (Wildman–Crippen MR) is 69.4 cm³/mol. The molecule has 0 heterocycles. The predicted octanol–water partition coefficient (Wildman–Crippen LogP) is 2.62. The number of amides is 1. The Balaban J connectivity index is 2.26. The fraction of sp³-hybridized carbons (Fsp3) is 0. The van der Waals surface area contributed by atoms with E-state index in [9.17, 15) is 23.5 Å². The Morgan fingerprint density at radius 2 is 1.71 bits per heavy atom. The Hall–Kier alpha value is -2.96. The summed E-state index contributed by atoms with van der Waals surface area (Å²) in [7, 11) is 0. The molecule has 21 heavy (non-hydrogen) atoms. The first-order valence-electron chi connectivity index (χ1n) is 5.71. The number of nitrogens with one attached hydrogen (secondary N) is 1. The van der Waals surface area contributed by atoms with Crippen LogP contribution in [0, 0.1) is 11.6 Å². The van der Waals surface area contributed by atoms with Gasteiger partial charge in [0.25, 0.3) is 5.91 Å². The van der Waals surface area contributed by atoms with Gasteiger partial charge in [0.1, 0.15) is 22.9 Å². The Bertz CT molecular complexity index is 731. The van der Waals surface area contributed by atoms with Gasteiger partial charge < -0.3 is 15.5 Å². The molecule has 5 nitrogen and oxygen atoms in total. The smallest absolute Gasteiger partial charge is 0.339 e. The summed E-state index contributed by atoms with van der Waals surface area (Å²) in [6.45, 7) is 0. The van der Waals surface area contributed by atoms with Crippen molar-refractivity contribution in [3.63, 3.8) is 0 Å². The lowest BCUT2D eigenvalue weighted by Gasteiger charge is -2.08. The molecule has 0 aliphatic carbocycles. The fourth-order valence-electron chi connectivity index (χ4n) is 1.66. The molecule has 2 aromatic rings. The highest BCUT2D eigenvalue weighted by Gasteiger charge is 2.15. The van der Waals surface area contributed by atoms with Crippen molar-refractivity contribution in [3.8, 4) is 5.75 Å². The number of carbonyl (C=O) groups is 2. The second-order valence-electron chi connectivity index (χ2n) is 4.12. The highest BCUT2D eigenvalue weighted by molar-refractivity contribution is 6.05. The molecule has 0 radical (unpaired) electrons. The zero-order chi connectivity index (χ0) is 15.6. The van der Waals surface area contributed by atoms with Gasteiger partial charge >= 0.3 is 5.97 Å². The molecule has 0 saturated heterocycles. The molecule has 7 heteroatoms. The third-order valence-corrected chi connectivity index (χ3v) is 2.66. The van der Waals surface area contributed by atoms with Crippen LogP contribution in [0.2, 0.25) is 0 Å². The van der Waals surface area contributed by atoms with E-state index in [2.05, 4.69) is 5.32 Å². The average Bonchev–Trinajstić information content (AvgIpc) is 2.41. The second-order valence-corrected chi connectivity index (χ2v) is 4.12. The van der Waals surface area contributed by atoms with E-state index in [1.165, 1.54) is 6.07 Å². The normalized spacial score (nSPS) is 10.2. The van der Waals surface area contributed by atoms with Crippen LogP contribution in [-0.2, 0) is 0 Å². The zero-order valence-electron chi connectivity index (χ0n) is 10.4. The van der Waals surface area contributed by atoms with Gasteiger partial charge in [-0.15, -0.1) is 0 Å². The first-order chi connectivity index (χ1) is 9.88. The number of aromatic carboxylic acids is 1. The van der Waals surface area contributed by atoms with Crippen molar-refractivity contribution in [2.75, 3.05) is 5.32 Å². The van der Waals surface area contributed by atoms with Crippen molar-refractivity contribution in [3.05, 3.63) is 59.2 Å². The van der Waals surface area contributed by atoms with Crippen LogP contribution in [0.15, 0.2) is 36.4 Å². The van der Waals surface area contributed by atoms with Gasteiger partial charge in [-0.05, 0) is 30.3 Å². The van der Waals surface area contributed by atoms with Crippen LogP contribution in [-0.4, -0.2) is 22.1 Å². The number of carboxylic acids is 1. The summed E-state index contributed by atoms with van der Waals surface area (Å²) in [6, 6.07) is 5.72. The van der Waals surface area contributed by atoms with Crippen LogP contribution in [0.25, 0.3) is 0 Å². The van der Waals surface area contributed by atoms with Gasteiger partial charge in [-0.25, -0.2) is 13.6 Å². The number of carboxylic acid groups (broad SMARTS) is 1. The van der Waals surface area contributed by atoms with E-state index in [1.54, 1.807) is 0 Å². The number of hydrogen-bond donors (Lipinski definition) is 3. The summed E-state index contributed by atoms with van der Waals surface area (Å²) in [5.41, 5.74) is -0.798. The number of rotatable bonds is 3. The molecule has 0 aliphatic rings. The molecule has 2 rings (SSSR count). The SMILES string of the molecule is O=C(O)c1ccc(NC(=O)c2cc(F)ccc2F)cc1O. The minimum atomic E-state index is -1.33. The Morgan fingerprint density at radius 3 is 2.33 bits per heavy atom. The largest absolute Gasteiger partial charge is 0.507 e. The van der Waals surface area contributed by atoms with E-state index in [4.69, 9.17) is 5.11 Å². The quantitative estimate of drug-likeness (QED) is 0.812. The second kappa shape index (κ2) is 5.58. The number of anilines is 1. The van der Waals surface area contributed by atoms with Crippen LogP contribution in [0.5, 0.6) is 5.75 Å². The molecule has 0 saturated carbocycles. The average molecular weight is 293 g/mol. The monoisotopic (exact) mass is 293 g/mol. The van der Waals surface area contributed by atoms with Gasteiger partial charge in [0.15, 0.2) is 0 Å². The maximum atomic E-state index is 13.4. The summed E-state index contributed by atoms with van der Waals surface area (Å²) in [6.07, 6.45) is 0. The summed E-state index contributed by atoms with van der Waals surface area (Å²) in [5, 5.41) is 20.5. The van der Waals surface area contributed by atoms with E-state index in [0.29, 0.717) is 0 Å². The van der Waals surface area contributed by atoms with Crippen LogP contribution in [0.3, 0.4) is 0 Å². The molecule has 1 amide bonds. The van der Waals surface area contributed by atoms with Crippen LogP contribution in [0.1, 0.15) is 20.7 Å². The molecule has 0 aliphatic heterocycles. The van der Waals surface area contributed by atoms with Crippen molar-refractivity contribution >= 4 is 17.6 Å². The van der Waals surface area contributed by atoms with Crippen molar-refractivity contribution in [2.24, 2.45) is 0 Å². The van der Waals surface area contributed by atoms with E-state index in [0.717, 1.165) is 30.3 Å². The Morgan fingerprint density at radius 1 is 1.00 bits per heavy atom. The molecule has 108 valence electrons. The van der Waals surface area contributed by atoms with Gasteiger partial charge in [-0.2, -0.15) is 0 Å². The minimum absolute atomic E-state index is 0.0474. The number of hydrogen-bond acceptors (Lipinski definition) is 3. The third kappa shape index (κ3) is 3.14. The van der Waals surface area contributed by atoms with Gasteiger partial charge in [-0.3, -0.25) is 4.79 Å². The van der Waals surface area contributed by atoms with Crippen LogP contribution in [0.4, 0.5) is 14.5 Å². The first-order valence-corrected chi connectivity index (χ1v) is 5.71. The molecule has 0 atom stereocenters. The van der Waals surface area contributed by atoms with Crippen molar-refractivity contribution in [2.45, 2.75) is 0 Å². The Kier molecular flexibility index (Phi) is 3.84. The molecule has 0 unspecified atom stereocenters. The summed E-state index contributed by atoms with van der Waals surface area (Å²) in [5.74, 6) is -4.48. The molecule has 0 bridgehead atoms. The number of phenols is 1. The van der Waals surface area contributed by atoms with E-state index < -0.39 is 34.8 Å². The maximum Gasteiger partial charge on any atom is 0.339 e. The van der Waals surface area contributed by atoms with E-state index in [1.807, 2.05) is 0 Å². The first kappa shape index (κ1) is 14.4. The molecule has 0 fully saturated rings. The number of halogens is 2. The van der Waals surface area contributed by atoms with Crippen molar-refractivity contribution in [1.29, 1.82) is 0 Å². The van der Waals surface area contributed by atoms with Gasteiger partial charge in [0, 0.05) is 11.8 Å². The standard InChI is InChI=1S/C14H9F2NO4/c15-7-1-4-11(16)10(5-7)13(19)17-8-2-3-9(14(20)21)12(18)6-8/h1-6,18H,(H,17,19)(H,20,21). The lowest BCUT2D eigenvalue weighted by atomic mass is 10.1. The number of aromatic hydroxyl groups is 1. The molecular weight excluding hydrogens is 284 g/mol. The van der Waals surface area contributed by atoms with Crippen LogP contribution < -0.4 is 5.32 Å². The summed E-state index contributed by atoms with van der Waals surface area (Å²) >= 11 is 0. The van der Waals surface area contributed by atoms with Gasteiger partial charge in [-0.1, -0.05) is 0 Å². The molecule has 2 aromatic carbocycles. The van der Waals surface area contributed by atoms with Gasteiger partial charge in [0.05, 0.1) is 5.56 Å². The van der Waals surface area contributed by atoms with Crippen molar-refractivity contribution < 1.29 is 28.6 Å². The highest BCUT2D eigenvalue weighted by atomic mass is 19.1. The molecule has 0 spiro atoms. The van der Waals surface area contributed by atoms with E-state index >= 15 is 0 Å². The number of carbonyl (C=O) groups excluding carboxylic acids is 1.